The van der Waals surface area contributed by atoms with Gasteiger partial charge in [-0.3, -0.25) is 4.79 Å². The maximum Gasteiger partial charge on any atom is 0.226 e. The standard InChI is InChI=1S/C20H24FN3O/c21-16-4-6-18(7-5-16)23-20(25)12-13-22-17-8-10-19(11-9-17)24-14-2-1-3-15-24/h4-11,22H,1-3,12-15H2,(H,23,25). The lowest BCUT2D eigenvalue weighted by Gasteiger charge is -2.28. The zero-order valence-electron chi connectivity index (χ0n) is 14.3. The smallest absolute Gasteiger partial charge is 0.226 e. The number of nitrogens with zero attached hydrogens (tertiary/aromatic N) is 1. The SMILES string of the molecule is O=C(CCNc1ccc(N2CCCCC2)cc1)Nc1ccc(F)cc1. The summed E-state index contributed by atoms with van der Waals surface area (Å²) in [5.74, 6) is -0.406. The summed E-state index contributed by atoms with van der Waals surface area (Å²) in [6.45, 7) is 2.82. The molecule has 25 heavy (non-hydrogen) atoms. The van der Waals surface area contributed by atoms with Crippen molar-refractivity contribution >= 4 is 23.0 Å². The van der Waals surface area contributed by atoms with Crippen LogP contribution in [0, 0.1) is 5.82 Å². The molecule has 0 aromatic heterocycles. The highest BCUT2D eigenvalue weighted by Gasteiger charge is 2.10. The van der Waals surface area contributed by atoms with Gasteiger partial charge in [-0.15, -0.1) is 0 Å². The van der Waals surface area contributed by atoms with Crippen molar-refractivity contribution in [1.82, 2.24) is 0 Å². The molecule has 0 aliphatic carbocycles. The summed E-state index contributed by atoms with van der Waals surface area (Å²) in [6, 6.07) is 14.2. The van der Waals surface area contributed by atoms with Gasteiger partial charge in [-0.05, 0) is 67.8 Å². The Morgan fingerprint density at radius 1 is 0.920 bits per heavy atom. The molecular formula is C20H24FN3O. The summed E-state index contributed by atoms with van der Waals surface area (Å²) in [6.07, 6.45) is 4.22. The molecule has 2 aromatic carbocycles. The molecule has 3 rings (SSSR count). The first-order chi connectivity index (χ1) is 12.2. The third-order valence-electron chi connectivity index (χ3n) is 4.40. The van der Waals surface area contributed by atoms with Gasteiger partial charge in [-0.1, -0.05) is 0 Å². The summed E-state index contributed by atoms with van der Waals surface area (Å²) in [4.78, 5) is 14.3. The van der Waals surface area contributed by atoms with E-state index >= 15 is 0 Å². The first-order valence-electron chi connectivity index (χ1n) is 8.85. The van der Waals surface area contributed by atoms with Crippen LogP contribution in [0.25, 0.3) is 0 Å². The minimum atomic E-state index is -0.312. The zero-order chi connectivity index (χ0) is 17.5. The molecule has 0 saturated carbocycles. The van der Waals surface area contributed by atoms with E-state index in [-0.39, 0.29) is 11.7 Å². The number of anilines is 3. The van der Waals surface area contributed by atoms with Gasteiger partial charge in [-0.25, -0.2) is 4.39 Å². The van der Waals surface area contributed by atoms with Crippen molar-refractivity contribution in [1.29, 1.82) is 0 Å². The molecule has 2 N–H and O–H groups in total. The maximum atomic E-state index is 12.8. The van der Waals surface area contributed by atoms with Crippen molar-refractivity contribution in [3.63, 3.8) is 0 Å². The first kappa shape index (κ1) is 17.3. The number of rotatable bonds is 6. The molecule has 1 aliphatic heterocycles. The van der Waals surface area contributed by atoms with Crippen LogP contribution in [-0.2, 0) is 4.79 Å². The monoisotopic (exact) mass is 341 g/mol. The Kier molecular flexibility index (Phi) is 5.88. The summed E-state index contributed by atoms with van der Waals surface area (Å²) in [5, 5.41) is 6.02. The number of hydrogen-bond acceptors (Lipinski definition) is 3. The average molecular weight is 341 g/mol. The van der Waals surface area contributed by atoms with Crippen LogP contribution in [0.2, 0.25) is 0 Å². The lowest BCUT2D eigenvalue weighted by atomic mass is 10.1. The fourth-order valence-electron chi connectivity index (χ4n) is 3.02. The molecule has 0 spiro atoms. The van der Waals surface area contributed by atoms with Crippen LogP contribution in [0.15, 0.2) is 48.5 Å². The molecular weight excluding hydrogens is 317 g/mol. The normalized spacial score (nSPS) is 14.2. The number of piperidine rings is 1. The van der Waals surface area contributed by atoms with Gasteiger partial charge in [-0.2, -0.15) is 0 Å². The van der Waals surface area contributed by atoms with E-state index in [1.807, 2.05) is 0 Å². The van der Waals surface area contributed by atoms with Crippen molar-refractivity contribution < 1.29 is 9.18 Å². The fourth-order valence-corrected chi connectivity index (χ4v) is 3.02. The van der Waals surface area contributed by atoms with Crippen molar-refractivity contribution in [2.75, 3.05) is 35.2 Å². The van der Waals surface area contributed by atoms with Crippen LogP contribution in [0.5, 0.6) is 0 Å². The number of nitrogens with one attached hydrogen (secondary N) is 2. The lowest BCUT2D eigenvalue weighted by molar-refractivity contribution is -0.115. The molecule has 2 aromatic rings. The Labute approximate surface area is 148 Å². The van der Waals surface area contributed by atoms with E-state index in [0.29, 0.717) is 18.7 Å². The molecule has 1 saturated heterocycles. The third kappa shape index (κ3) is 5.21. The number of hydrogen-bond donors (Lipinski definition) is 2. The molecule has 1 amide bonds. The van der Waals surface area contributed by atoms with Gasteiger partial charge in [0, 0.05) is 43.1 Å². The van der Waals surface area contributed by atoms with Crippen LogP contribution in [-0.4, -0.2) is 25.5 Å². The fraction of sp³-hybridized carbons (Fsp3) is 0.350. The van der Waals surface area contributed by atoms with Crippen LogP contribution in [0.4, 0.5) is 21.5 Å². The van der Waals surface area contributed by atoms with Crippen molar-refractivity contribution in [3.05, 3.63) is 54.3 Å². The van der Waals surface area contributed by atoms with Gasteiger partial charge in [0.2, 0.25) is 5.91 Å². The molecule has 1 fully saturated rings. The summed E-state index contributed by atoms with van der Waals surface area (Å²) >= 11 is 0. The number of benzene rings is 2. The van der Waals surface area contributed by atoms with Crippen LogP contribution >= 0.6 is 0 Å². The van der Waals surface area contributed by atoms with Gasteiger partial charge in [0.25, 0.3) is 0 Å². The molecule has 1 heterocycles. The van der Waals surface area contributed by atoms with Gasteiger partial charge in [0.05, 0.1) is 0 Å². The predicted molar refractivity (Wildman–Crippen MR) is 101 cm³/mol. The minimum Gasteiger partial charge on any atom is -0.385 e. The van der Waals surface area contributed by atoms with Crippen molar-refractivity contribution in [2.45, 2.75) is 25.7 Å². The van der Waals surface area contributed by atoms with Gasteiger partial charge >= 0.3 is 0 Å². The van der Waals surface area contributed by atoms with E-state index in [1.54, 1.807) is 12.1 Å². The molecule has 0 bridgehead atoms. The second-order valence-corrected chi connectivity index (χ2v) is 6.33. The Hall–Kier alpha value is -2.56. The molecule has 0 radical (unpaired) electrons. The Morgan fingerprint density at radius 2 is 1.56 bits per heavy atom. The van der Waals surface area contributed by atoms with E-state index in [2.05, 4.69) is 39.8 Å². The second-order valence-electron chi connectivity index (χ2n) is 6.33. The Bertz CT molecular complexity index is 679. The number of carbonyl (C=O) groups is 1. The minimum absolute atomic E-state index is 0.0935. The number of carbonyl (C=O) groups excluding carboxylic acids is 1. The maximum absolute atomic E-state index is 12.8. The van der Waals surface area contributed by atoms with Crippen LogP contribution in [0.1, 0.15) is 25.7 Å². The molecule has 132 valence electrons. The lowest BCUT2D eigenvalue weighted by Crippen LogP contribution is -2.29. The number of halogens is 1. The van der Waals surface area contributed by atoms with E-state index in [0.717, 1.165) is 18.8 Å². The first-order valence-corrected chi connectivity index (χ1v) is 8.85. The van der Waals surface area contributed by atoms with Gasteiger partial charge < -0.3 is 15.5 Å². The quantitative estimate of drug-likeness (QED) is 0.825. The predicted octanol–water partition coefficient (Wildman–Crippen LogP) is 4.26. The largest absolute Gasteiger partial charge is 0.385 e. The highest BCUT2D eigenvalue weighted by atomic mass is 19.1. The average Bonchev–Trinajstić information content (AvgIpc) is 2.65. The Morgan fingerprint density at radius 3 is 2.24 bits per heavy atom. The van der Waals surface area contributed by atoms with Crippen LogP contribution < -0.4 is 15.5 Å². The summed E-state index contributed by atoms with van der Waals surface area (Å²) in [5.41, 5.74) is 2.88. The molecule has 4 nitrogen and oxygen atoms in total. The highest BCUT2D eigenvalue weighted by molar-refractivity contribution is 5.90. The molecule has 0 atom stereocenters. The van der Waals surface area contributed by atoms with Crippen molar-refractivity contribution in [3.8, 4) is 0 Å². The van der Waals surface area contributed by atoms with Gasteiger partial charge in [0.1, 0.15) is 5.82 Å². The zero-order valence-corrected chi connectivity index (χ0v) is 14.3. The molecule has 5 heteroatoms. The number of amides is 1. The van der Waals surface area contributed by atoms with E-state index in [4.69, 9.17) is 0 Å². The highest BCUT2D eigenvalue weighted by Crippen LogP contribution is 2.21. The van der Waals surface area contributed by atoms with E-state index in [1.165, 1.54) is 37.1 Å². The van der Waals surface area contributed by atoms with Crippen molar-refractivity contribution in [2.24, 2.45) is 0 Å². The summed E-state index contributed by atoms with van der Waals surface area (Å²) in [7, 11) is 0. The third-order valence-corrected chi connectivity index (χ3v) is 4.40. The summed E-state index contributed by atoms with van der Waals surface area (Å²) < 4.78 is 12.8. The topological polar surface area (TPSA) is 44.4 Å². The van der Waals surface area contributed by atoms with E-state index in [9.17, 15) is 9.18 Å². The Balaban J connectivity index is 1.42. The molecule has 0 unspecified atom stereocenters. The van der Waals surface area contributed by atoms with Crippen LogP contribution in [0.3, 0.4) is 0 Å². The second kappa shape index (κ2) is 8.51. The van der Waals surface area contributed by atoms with Gasteiger partial charge in [0.15, 0.2) is 0 Å². The van der Waals surface area contributed by atoms with E-state index < -0.39 is 0 Å². The molecule has 1 aliphatic rings.